The molecule has 2 unspecified atom stereocenters. The van der Waals surface area contributed by atoms with Crippen LogP contribution in [0.2, 0.25) is 0 Å². The Morgan fingerprint density at radius 3 is 2.43 bits per heavy atom. The van der Waals surface area contributed by atoms with E-state index in [1.165, 1.54) is 18.6 Å². The molecule has 0 radical (unpaired) electrons. The zero-order valence-electron chi connectivity index (χ0n) is 13.5. The fraction of sp³-hybridized carbons (Fsp3) is 0.667. The van der Waals surface area contributed by atoms with Crippen molar-refractivity contribution in [1.29, 1.82) is 0 Å². The summed E-state index contributed by atoms with van der Waals surface area (Å²) in [7, 11) is 0. The first kappa shape index (κ1) is 16.3. The molecule has 0 bridgehead atoms. The number of nitrogens with one attached hydrogen (secondary N) is 1. The van der Waals surface area contributed by atoms with Crippen molar-refractivity contribution in [1.82, 2.24) is 0 Å². The van der Waals surface area contributed by atoms with Gasteiger partial charge in [-0.1, -0.05) is 27.2 Å². The Labute approximate surface area is 127 Å². The Morgan fingerprint density at radius 1 is 1.19 bits per heavy atom. The van der Waals surface area contributed by atoms with Crippen LogP contribution in [0, 0.1) is 17.2 Å². The van der Waals surface area contributed by atoms with E-state index in [1.807, 2.05) is 0 Å². The van der Waals surface area contributed by atoms with Gasteiger partial charge in [0.1, 0.15) is 5.82 Å². The summed E-state index contributed by atoms with van der Waals surface area (Å²) in [5.41, 5.74) is 0.943. The first-order valence-electron chi connectivity index (χ1n) is 7.99. The van der Waals surface area contributed by atoms with Gasteiger partial charge in [-0.05, 0) is 61.3 Å². The van der Waals surface area contributed by atoms with Crippen molar-refractivity contribution in [2.24, 2.45) is 11.3 Å². The highest BCUT2D eigenvalue weighted by atomic mass is 19.1. The van der Waals surface area contributed by atoms with Gasteiger partial charge < -0.3 is 10.4 Å². The van der Waals surface area contributed by atoms with Gasteiger partial charge in [-0.15, -0.1) is 0 Å². The molecule has 0 spiro atoms. The number of benzene rings is 1. The Balaban J connectivity index is 2.09. The summed E-state index contributed by atoms with van der Waals surface area (Å²) < 4.78 is 13.0. The standard InChI is InChI=1S/C18H28FNO/c1-17(2,3)14-5-4-11-18(13-21,12-10-14)20-16-8-6-15(19)7-9-16/h6-9,14,20-21H,4-5,10-13H2,1-3H3. The molecule has 1 saturated carbocycles. The molecule has 1 aliphatic rings. The molecule has 0 aromatic heterocycles. The maximum atomic E-state index is 13.0. The summed E-state index contributed by atoms with van der Waals surface area (Å²) in [5, 5.41) is 13.4. The fourth-order valence-corrected chi connectivity index (χ4v) is 3.43. The summed E-state index contributed by atoms with van der Waals surface area (Å²) >= 11 is 0. The number of hydrogen-bond donors (Lipinski definition) is 2. The Hall–Kier alpha value is -1.09. The SMILES string of the molecule is CC(C)(C)C1CCCC(CO)(Nc2ccc(F)cc2)CC1. The van der Waals surface area contributed by atoms with Crippen LogP contribution in [-0.2, 0) is 0 Å². The molecule has 0 heterocycles. The highest BCUT2D eigenvalue weighted by Crippen LogP contribution is 2.40. The first-order chi connectivity index (χ1) is 9.85. The molecular formula is C18H28FNO. The van der Waals surface area contributed by atoms with Gasteiger partial charge in [0.05, 0.1) is 12.1 Å². The second-order valence-corrected chi connectivity index (χ2v) is 7.56. The molecule has 2 rings (SSSR count). The van der Waals surface area contributed by atoms with Crippen molar-refractivity contribution >= 4 is 5.69 Å². The molecule has 0 saturated heterocycles. The molecule has 3 heteroatoms. The molecule has 0 aliphatic heterocycles. The van der Waals surface area contributed by atoms with Gasteiger partial charge in [0.25, 0.3) is 0 Å². The summed E-state index contributed by atoms with van der Waals surface area (Å²) in [6.45, 7) is 7.03. The van der Waals surface area contributed by atoms with Crippen LogP contribution in [0.25, 0.3) is 0 Å². The van der Waals surface area contributed by atoms with Gasteiger partial charge in [0, 0.05) is 5.69 Å². The van der Waals surface area contributed by atoms with E-state index in [2.05, 4.69) is 26.1 Å². The van der Waals surface area contributed by atoms with Gasteiger partial charge in [0.2, 0.25) is 0 Å². The largest absolute Gasteiger partial charge is 0.394 e. The van der Waals surface area contributed by atoms with Crippen LogP contribution in [0.15, 0.2) is 24.3 Å². The molecule has 1 aromatic rings. The van der Waals surface area contributed by atoms with Gasteiger partial charge in [-0.2, -0.15) is 0 Å². The van der Waals surface area contributed by atoms with Crippen molar-refractivity contribution in [3.8, 4) is 0 Å². The highest BCUT2D eigenvalue weighted by molar-refractivity contribution is 5.45. The minimum atomic E-state index is -0.266. The Bertz CT molecular complexity index is 451. The van der Waals surface area contributed by atoms with Crippen molar-refractivity contribution < 1.29 is 9.50 Å². The molecule has 2 N–H and O–H groups in total. The Kier molecular flexibility index (Phi) is 4.92. The number of rotatable bonds is 3. The van der Waals surface area contributed by atoms with Gasteiger partial charge in [0.15, 0.2) is 0 Å². The maximum Gasteiger partial charge on any atom is 0.123 e. The topological polar surface area (TPSA) is 32.3 Å². The van der Waals surface area contributed by atoms with Crippen LogP contribution in [0.4, 0.5) is 10.1 Å². The van der Waals surface area contributed by atoms with Crippen LogP contribution >= 0.6 is 0 Å². The third kappa shape index (κ3) is 4.19. The summed E-state index contributed by atoms with van der Waals surface area (Å²) in [6.07, 6.45) is 5.39. The molecule has 2 atom stereocenters. The van der Waals surface area contributed by atoms with Crippen molar-refractivity contribution in [3.05, 3.63) is 30.1 Å². The lowest BCUT2D eigenvalue weighted by Crippen LogP contribution is -2.41. The number of aliphatic hydroxyl groups excluding tert-OH is 1. The Morgan fingerprint density at radius 2 is 1.86 bits per heavy atom. The van der Waals surface area contributed by atoms with Gasteiger partial charge >= 0.3 is 0 Å². The van der Waals surface area contributed by atoms with Crippen LogP contribution in [0.3, 0.4) is 0 Å². The first-order valence-corrected chi connectivity index (χ1v) is 7.99. The molecule has 118 valence electrons. The van der Waals surface area contributed by atoms with Gasteiger partial charge in [-0.3, -0.25) is 0 Å². The second kappa shape index (κ2) is 6.35. The third-order valence-electron chi connectivity index (χ3n) is 4.96. The second-order valence-electron chi connectivity index (χ2n) is 7.56. The third-order valence-corrected chi connectivity index (χ3v) is 4.96. The lowest BCUT2D eigenvalue weighted by atomic mass is 9.76. The molecular weight excluding hydrogens is 265 g/mol. The zero-order valence-corrected chi connectivity index (χ0v) is 13.5. The van der Waals surface area contributed by atoms with E-state index in [9.17, 15) is 9.50 Å². The van der Waals surface area contributed by atoms with Crippen molar-refractivity contribution in [2.75, 3.05) is 11.9 Å². The summed E-state index contributed by atoms with van der Waals surface area (Å²) in [6, 6.07) is 6.42. The smallest absolute Gasteiger partial charge is 0.123 e. The van der Waals surface area contributed by atoms with E-state index in [4.69, 9.17) is 0 Å². The van der Waals surface area contributed by atoms with Crippen LogP contribution in [-0.4, -0.2) is 17.3 Å². The molecule has 21 heavy (non-hydrogen) atoms. The lowest BCUT2D eigenvalue weighted by molar-refractivity contribution is 0.182. The van der Waals surface area contributed by atoms with E-state index < -0.39 is 0 Å². The average molecular weight is 293 g/mol. The van der Waals surface area contributed by atoms with Crippen molar-refractivity contribution in [3.63, 3.8) is 0 Å². The van der Waals surface area contributed by atoms with Crippen LogP contribution in [0.1, 0.15) is 52.9 Å². The monoisotopic (exact) mass is 293 g/mol. The van der Waals surface area contributed by atoms with E-state index >= 15 is 0 Å². The van der Waals surface area contributed by atoms with E-state index in [1.54, 1.807) is 12.1 Å². The molecule has 1 aromatic carbocycles. The number of hydrogen-bond acceptors (Lipinski definition) is 2. The van der Waals surface area contributed by atoms with Crippen LogP contribution < -0.4 is 5.32 Å². The molecule has 1 aliphatic carbocycles. The number of aliphatic hydroxyl groups is 1. The van der Waals surface area contributed by atoms with Gasteiger partial charge in [-0.25, -0.2) is 4.39 Å². The van der Waals surface area contributed by atoms with E-state index in [-0.39, 0.29) is 18.0 Å². The summed E-state index contributed by atoms with van der Waals surface area (Å²) in [4.78, 5) is 0. The number of anilines is 1. The van der Waals surface area contributed by atoms with E-state index in [0.717, 1.165) is 31.4 Å². The zero-order chi connectivity index (χ0) is 15.5. The molecule has 2 nitrogen and oxygen atoms in total. The fourth-order valence-electron chi connectivity index (χ4n) is 3.43. The predicted octanol–water partition coefficient (Wildman–Crippen LogP) is 4.60. The lowest BCUT2D eigenvalue weighted by Gasteiger charge is -2.34. The minimum Gasteiger partial charge on any atom is -0.394 e. The molecule has 0 amide bonds. The number of halogens is 1. The average Bonchev–Trinajstić information content (AvgIpc) is 2.64. The normalized spacial score (nSPS) is 27.2. The van der Waals surface area contributed by atoms with Crippen molar-refractivity contribution in [2.45, 2.75) is 58.4 Å². The highest BCUT2D eigenvalue weighted by Gasteiger charge is 2.35. The van der Waals surface area contributed by atoms with E-state index in [0.29, 0.717) is 11.3 Å². The predicted molar refractivity (Wildman–Crippen MR) is 85.9 cm³/mol. The quantitative estimate of drug-likeness (QED) is 0.799. The maximum absolute atomic E-state index is 13.0. The van der Waals surface area contributed by atoms with Crippen LogP contribution in [0.5, 0.6) is 0 Å². The molecule has 1 fully saturated rings. The minimum absolute atomic E-state index is 0.126. The summed E-state index contributed by atoms with van der Waals surface area (Å²) in [5.74, 6) is 0.466.